The van der Waals surface area contributed by atoms with E-state index < -0.39 is 0 Å². The quantitative estimate of drug-likeness (QED) is 0.802. The van der Waals surface area contributed by atoms with E-state index in [1.807, 2.05) is 0 Å². The highest BCUT2D eigenvalue weighted by Gasteiger charge is 2.07. The van der Waals surface area contributed by atoms with Crippen LogP contribution < -0.4 is 19.7 Å². The van der Waals surface area contributed by atoms with Crippen LogP contribution in [0.3, 0.4) is 0 Å². The highest BCUT2D eigenvalue weighted by molar-refractivity contribution is 7.07. The van der Waals surface area contributed by atoms with Crippen LogP contribution in [0.4, 0.5) is 5.95 Å². The van der Waals surface area contributed by atoms with Crippen molar-refractivity contribution in [3.63, 3.8) is 0 Å². The SMILES string of the molecule is COc1nc(NCc2csc(=O)[nH]2)nc(OC)n1. The number of ether oxygens (including phenoxy) is 2. The first kappa shape index (κ1) is 12.3. The summed E-state index contributed by atoms with van der Waals surface area (Å²) < 4.78 is 9.83. The van der Waals surface area contributed by atoms with E-state index in [-0.39, 0.29) is 16.9 Å². The molecule has 8 nitrogen and oxygen atoms in total. The zero-order valence-electron chi connectivity index (χ0n) is 9.76. The van der Waals surface area contributed by atoms with Crippen molar-refractivity contribution >= 4 is 17.3 Å². The van der Waals surface area contributed by atoms with Gasteiger partial charge in [-0.15, -0.1) is 4.98 Å². The molecule has 2 N–H and O–H groups in total. The van der Waals surface area contributed by atoms with Crippen molar-refractivity contribution in [1.82, 2.24) is 19.9 Å². The van der Waals surface area contributed by atoms with Gasteiger partial charge in [0, 0.05) is 11.1 Å². The maximum absolute atomic E-state index is 11.0. The number of rotatable bonds is 5. The number of hydrogen-bond acceptors (Lipinski definition) is 8. The van der Waals surface area contributed by atoms with Crippen molar-refractivity contribution in [3.8, 4) is 12.0 Å². The molecule has 0 unspecified atom stereocenters. The van der Waals surface area contributed by atoms with Gasteiger partial charge in [-0.1, -0.05) is 11.3 Å². The van der Waals surface area contributed by atoms with E-state index in [0.717, 1.165) is 17.0 Å². The van der Waals surface area contributed by atoms with E-state index in [1.165, 1.54) is 14.2 Å². The van der Waals surface area contributed by atoms with Crippen LogP contribution >= 0.6 is 11.3 Å². The molecule has 2 aromatic heterocycles. The minimum atomic E-state index is -0.0994. The fraction of sp³-hybridized carbons (Fsp3) is 0.333. The molecule has 0 saturated carbocycles. The van der Waals surface area contributed by atoms with Crippen molar-refractivity contribution in [2.45, 2.75) is 6.54 Å². The van der Waals surface area contributed by atoms with Gasteiger partial charge >= 0.3 is 16.9 Å². The van der Waals surface area contributed by atoms with E-state index in [1.54, 1.807) is 5.38 Å². The van der Waals surface area contributed by atoms with Crippen molar-refractivity contribution in [2.24, 2.45) is 0 Å². The van der Waals surface area contributed by atoms with Crippen molar-refractivity contribution in [1.29, 1.82) is 0 Å². The molecule has 0 saturated heterocycles. The topological polar surface area (TPSA) is 102 Å². The Bertz CT molecular complexity index is 559. The summed E-state index contributed by atoms with van der Waals surface area (Å²) in [6.07, 6.45) is 0. The van der Waals surface area contributed by atoms with Crippen LogP contribution in [-0.4, -0.2) is 34.2 Å². The Kier molecular flexibility index (Phi) is 3.72. The van der Waals surface area contributed by atoms with E-state index in [4.69, 9.17) is 9.47 Å². The highest BCUT2D eigenvalue weighted by Crippen LogP contribution is 2.12. The predicted octanol–water partition coefficient (Wildman–Crippen LogP) is 0.251. The first-order valence-corrected chi connectivity index (χ1v) is 5.84. The van der Waals surface area contributed by atoms with E-state index in [2.05, 4.69) is 25.3 Å². The lowest BCUT2D eigenvalue weighted by Gasteiger charge is -2.06. The van der Waals surface area contributed by atoms with Gasteiger partial charge in [0.1, 0.15) is 0 Å². The van der Waals surface area contributed by atoms with Gasteiger partial charge in [-0.25, -0.2) is 0 Å². The average molecular weight is 269 g/mol. The Morgan fingerprint density at radius 1 is 1.28 bits per heavy atom. The molecule has 0 fully saturated rings. The summed E-state index contributed by atoms with van der Waals surface area (Å²) in [7, 11) is 2.91. The highest BCUT2D eigenvalue weighted by atomic mass is 32.1. The molecule has 0 aliphatic carbocycles. The Morgan fingerprint density at radius 3 is 2.44 bits per heavy atom. The number of nitrogens with one attached hydrogen (secondary N) is 2. The Hall–Kier alpha value is -2.16. The first-order valence-electron chi connectivity index (χ1n) is 4.96. The lowest BCUT2D eigenvalue weighted by molar-refractivity contribution is 0.341. The van der Waals surface area contributed by atoms with Gasteiger partial charge in [-0.2, -0.15) is 9.97 Å². The Balaban J connectivity index is 2.10. The van der Waals surface area contributed by atoms with Crippen LogP contribution in [-0.2, 0) is 6.54 Å². The Morgan fingerprint density at radius 2 is 1.94 bits per heavy atom. The second kappa shape index (κ2) is 5.45. The molecule has 0 aromatic carbocycles. The zero-order chi connectivity index (χ0) is 13.0. The minimum absolute atomic E-state index is 0.0994. The van der Waals surface area contributed by atoms with Gasteiger partial charge in [0.2, 0.25) is 5.95 Å². The number of H-pyrrole nitrogens is 1. The third kappa shape index (κ3) is 2.94. The van der Waals surface area contributed by atoms with Crippen LogP contribution in [0.5, 0.6) is 12.0 Å². The van der Waals surface area contributed by atoms with E-state index >= 15 is 0 Å². The van der Waals surface area contributed by atoms with Gasteiger partial charge in [0.15, 0.2) is 0 Å². The van der Waals surface area contributed by atoms with Crippen molar-refractivity contribution < 1.29 is 9.47 Å². The fourth-order valence-corrected chi connectivity index (χ4v) is 1.76. The van der Waals surface area contributed by atoms with Crippen molar-refractivity contribution in [2.75, 3.05) is 19.5 Å². The number of aromatic nitrogens is 4. The first-order chi connectivity index (χ1) is 8.71. The summed E-state index contributed by atoms with van der Waals surface area (Å²) in [6, 6.07) is 0.311. The summed E-state index contributed by atoms with van der Waals surface area (Å²) >= 11 is 1.10. The second-order valence-electron chi connectivity index (χ2n) is 3.16. The molecule has 0 atom stereocenters. The van der Waals surface area contributed by atoms with Gasteiger partial charge in [-0.3, -0.25) is 4.79 Å². The second-order valence-corrected chi connectivity index (χ2v) is 4.00. The molecule has 0 aliphatic heterocycles. The normalized spacial score (nSPS) is 10.1. The van der Waals surface area contributed by atoms with Crippen LogP contribution in [0.2, 0.25) is 0 Å². The summed E-state index contributed by atoms with van der Waals surface area (Å²) in [4.78, 5) is 25.4. The summed E-state index contributed by atoms with van der Waals surface area (Å²) in [6.45, 7) is 0.398. The van der Waals surface area contributed by atoms with E-state index in [9.17, 15) is 4.79 Å². The maximum atomic E-state index is 11.0. The van der Waals surface area contributed by atoms with Crippen LogP contribution in [0.25, 0.3) is 0 Å². The molecule has 9 heteroatoms. The molecule has 2 heterocycles. The molecule has 0 radical (unpaired) electrons. The number of nitrogens with zero attached hydrogens (tertiary/aromatic N) is 3. The average Bonchev–Trinajstić information content (AvgIpc) is 2.81. The Labute approximate surface area is 106 Å². The number of anilines is 1. The monoisotopic (exact) mass is 269 g/mol. The summed E-state index contributed by atoms with van der Waals surface area (Å²) in [5, 5.41) is 4.67. The standard InChI is InChI=1S/C9H11N5O3S/c1-16-7-12-6(13-8(14-7)17-2)10-3-5-4-18-9(15)11-5/h4H,3H2,1-2H3,(H,11,15)(H,10,12,13,14). The summed E-state index contributed by atoms with van der Waals surface area (Å²) in [5.41, 5.74) is 0.753. The molecule has 96 valence electrons. The molecule has 0 spiro atoms. The molecule has 2 aromatic rings. The summed E-state index contributed by atoms with van der Waals surface area (Å²) in [5.74, 6) is 0.311. The fourth-order valence-electron chi connectivity index (χ4n) is 1.17. The van der Waals surface area contributed by atoms with Crippen LogP contribution in [0.1, 0.15) is 5.69 Å². The number of aromatic amines is 1. The zero-order valence-corrected chi connectivity index (χ0v) is 10.6. The molecular formula is C9H11N5O3S. The molecule has 0 aliphatic rings. The maximum Gasteiger partial charge on any atom is 0.324 e. The molecular weight excluding hydrogens is 258 g/mol. The third-order valence-corrected chi connectivity index (χ3v) is 2.69. The van der Waals surface area contributed by atoms with E-state index in [0.29, 0.717) is 12.5 Å². The minimum Gasteiger partial charge on any atom is -0.467 e. The number of thiazole rings is 1. The largest absolute Gasteiger partial charge is 0.467 e. The van der Waals surface area contributed by atoms with Gasteiger partial charge in [0.05, 0.1) is 20.8 Å². The number of hydrogen-bond donors (Lipinski definition) is 2. The van der Waals surface area contributed by atoms with Crippen LogP contribution in [0, 0.1) is 0 Å². The van der Waals surface area contributed by atoms with Crippen molar-refractivity contribution in [3.05, 3.63) is 20.7 Å². The molecule has 18 heavy (non-hydrogen) atoms. The van der Waals surface area contributed by atoms with Gasteiger partial charge in [-0.05, 0) is 0 Å². The van der Waals surface area contributed by atoms with Gasteiger partial charge < -0.3 is 19.8 Å². The predicted molar refractivity (Wildman–Crippen MR) is 65.2 cm³/mol. The molecule has 2 rings (SSSR count). The molecule has 0 bridgehead atoms. The number of methoxy groups -OCH3 is 2. The van der Waals surface area contributed by atoms with Gasteiger partial charge in [0.25, 0.3) is 0 Å². The smallest absolute Gasteiger partial charge is 0.324 e. The third-order valence-electron chi connectivity index (χ3n) is 1.97. The lowest BCUT2D eigenvalue weighted by atomic mass is 10.5. The lowest BCUT2D eigenvalue weighted by Crippen LogP contribution is -2.08. The van der Waals surface area contributed by atoms with Crippen LogP contribution in [0.15, 0.2) is 10.2 Å². The molecule has 0 amide bonds.